The van der Waals surface area contributed by atoms with Gasteiger partial charge in [0.2, 0.25) is 0 Å². The van der Waals surface area contributed by atoms with Crippen LogP contribution in [0.5, 0.6) is 0 Å². The molecule has 0 radical (unpaired) electrons. The molecule has 1 aromatic heterocycles. The number of nitrogens with zero attached hydrogens (tertiary/aromatic N) is 2. The maximum atomic E-state index is 11.6. The van der Waals surface area contributed by atoms with Gasteiger partial charge in [-0.05, 0) is 25.1 Å². The molecule has 104 valence electrons. The minimum Gasteiger partial charge on any atom is -0.327 e. The summed E-state index contributed by atoms with van der Waals surface area (Å²) in [5, 5.41) is 0.738. The van der Waals surface area contributed by atoms with Crippen molar-refractivity contribution < 1.29 is 4.21 Å². The smallest absolute Gasteiger partial charge is 0.111 e. The van der Waals surface area contributed by atoms with Crippen LogP contribution < -0.4 is 0 Å². The lowest BCUT2D eigenvalue weighted by Crippen LogP contribution is -2.19. The van der Waals surface area contributed by atoms with E-state index in [0.717, 1.165) is 16.9 Å². The lowest BCUT2D eigenvalue weighted by molar-refractivity contribution is 0.635. The molecule has 0 saturated carbocycles. The normalized spacial score (nSPS) is 14.7. The molecule has 1 aromatic carbocycles. The molecule has 3 nitrogen and oxygen atoms in total. The summed E-state index contributed by atoms with van der Waals surface area (Å²) in [6.45, 7) is 2.63. The number of rotatable bonds is 5. The molecule has 0 fully saturated rings. The van der Waals surface area contributed by atoms with E-state index in [2.05, 4.69) is 9.55 Å². The van der Waals surface area contributed by atoms with Crippen LogP contribution in [0.15, 0.2) is 18.2 Å². The number of aromatic nitrogens is 2. The van der Waals surface area contributed by atoms with Crippen molar-refractivity contribution in [3.05, 3.63) is 29.0 Å². The van der Waals surface area contributed by atoms with Gasteiger partial charge in [0.1, 0.15) is 5.82 Å². The minimum absolute atomic E-state index is 0.0606. The molecule has 2 aromatic rings. The van der Waals surface area contributed by atoms with Gasteiger partial charge in [0, 0.05) is 46.2 Å². The lowest BCUT2D eigenvalue weighted by Gasteiger charge is -2.13. The number of alkyl halides is 1. The molecule has 6 heteroatoms. The Morgan fingerprint density at radius 2 is 2.21 bits per heavy atom. The number of imidazole rings is 1. The zero-order chi connectivity index (χ0) is 14.0. The van der Waals surface area contributed by atoms with Crippen LogP contribution in [0.2, 0.25) is 5.02 Å². The number of aryl methyl sites for hydroxylation is 1. The highest BCUT2D eigenvalue weighted by molar-refractivity contribution is 7.84. The molecular weight excluding hydrogens is 303 g/mol. The molecule has 19 heavy (non-hydrogen) atoms. The van der Waals surface area contributed by atoms with Crippen LogP contribution in [0.3, 0.4) is 0 Å². The molecule has 0 saturated heterocycles. The lowest BCUT2D eigenvalue weighted by atomic mass is 10.3. The van der Waals surface area contributed by atoms with Crippen molar-refractivity contribution in [2.75, 3.05) is 12.1 Å². The highest BCUT2D eigenvalue weighted by Crippen LogP contribution is 2.22. The average molecular weight is 319 g/mol. The van der Waals surface area contributed by atoms with Gasteiger partial charge in [0.05, 0.1) is 11.0 Å². The Labute approximate surface area is 125 Å². The first-order valence-electron chi connectivity index (χ1n) is 6.05. The Balaban J connectivity index is 2.50. The summed E-state index contributed by atoms with van der Waals surface area (Å²) in [6.07, 6.45) is 2.41. The first kappa shape index (κ1) is 14.8. The van der Waals surface area contributed by atoms with Crippen LogP contribution in [-0.4, -0.2) is 31.1 Å². The van der Waals surface area contributed by atoms with Crippen molar-refractivity contribution in [1.29, 1.82) is 0 Å². The fourth-order valence-corrected chi connectivity index (χ4v) is 2.68. The van der Waals surface area contributed by atoms with Gasteiger partial charge in [-0.15, -0.1) is 11.6 Å². The number of halogens is 2. The van der Waals surface area contributed by atoms with Crippen molar-refractivity contribution in [1.82, 2.24) is 9.55 Å². The van der Waals surface area contributed by atoms with Crippen LogP contribution in [-0.2, 0) is 23.8 Å². The monoisotopic (exact) mass is 318 g/mol. The second-order valence-corrected chi connectivity index (χ2v) is 7.14. The Bertz CT molecular complexity index is 612. The largest absolute Gasteiger partial charge is 0.327 e. The highest BCUT2D eigenvalue weighted by atomic mass is 35.5. The average Bonchev–Trinajstić information content (AvgIpc) is 2.68. The second kappa shape index (κ2) is 6.25. The third-order valence-electron chi connectivity index (χ3n) is 3.11. The van der Waals surface area contributed by atoms with Gasteiger partial charge in [0.15, 0.2) is 0 Å². The minimum atomic E-state index is -0.870. The SMILES string of the molecule is CC(Cn1c(CCCl)nc2ccc(Cl)cc21)S(C)=O. The van der Waals surface area contributed by atoms with E-state index in [-0.39, 0.29) is 5.25 Å². The molecule has 2 atom stereocenters. The van der Waals surface area contributed by atoms with Gasteiger partial charge in [-0.2, -0.15) is 0 Å². The van der Waals surface area contributed by atoms with Crippen LogP contribution in [0.4, 0.5) is 0 Å². The molecule has 0 bridgehead atoms. The summed E-state index contributed by atoms with van der Waals surface area (Å²) in [5.74, 6) is 1.44. The summed E-state index contributed by atoms with van der Waals surface area (Å²) >= 11 is 11.9. The molecular formula is C13H16Cl2N2OS. The second-order valence-electron chi connectivity index (χ2n) is 4.52. The van der Waals surface area contributed by atoms with Gasteiger partial charge >= 0.3 is 0 Å². The third-order valence-corrected chi connectivity index (χ3v) is 4.82. The molecule has 2 rings (SSSR count). The van der Waals surface area contributed by atoms with E-state index in [0.29, 0.717) is 23.9 Å². The van der Waals surface area contributed by atoms with Crippen molar-refractivity contribution in [2.45, 2.75) is 25.1 Å². The van der Waals surface area contributed by atoms with E-state index < -0.39 is 10.8 Å². The van der Waals surface area contributed by atoms with Crippen LogP contribution >= 0.6 is 23.2 Å². The Hall–Kier alpha value is -0.580. The standard InChI is InChI=1S/C13H16Cl2N2OS/c1-9(19(2)18)8-17-12-7-10(15)3-4-11(12)16-13(17)5-6-14/h3-4,7,9H,5-6,8H2,1-2H3. The van der Waals surface area contributed by atoms with E-state index in [9.17, 15) is 4.21 Å². The van der Waals surface area contributed by atoms with Crippen LogP contribution in [0.1, 0.15) is 12.7 Å². The Morgan fingerprint density at radius 1 is 1.47 bits per heavy atom. The van der Waals surface area contributed by atoms with Gasteiger partial charge < -0.3 is 4.57 Å². The summed E-state index contributed by atoms with van der Waals surface area (Å²) < 4.78 is 13.6. The fourth-order valence-electron chi connectivity index (χ4n) is 1.99. The molecule has 2 unspecified atom stereocenters. The number of hydrogen-bond acceptors (Lipinski definition) is 2. The van der Waals surface area contributed by atoms with E-state index in [1.165, 1.54) is 0 Å². The van der Waals surface area contributed by atoms with Gasteiger partial charge in [0.25, 0.3) is 0 Å². The summed E-state index contributed by atoms with van der Waals surface area (Å²) in [7, 11) is -0.870. The predicted octanol–water partition coefficient (Wildman–Crippen LogP) is 3.24. The zero-order valence-corrected chi connectivity index (χ0v) is 13.2. The topological polar surface area (TPSA) is 34.9 Å². The predicted molar refractivity (Wildman–Crippen MR) is 82.7 cm³/mol. The maximum absolute atomic E-state index is 11.6. The maximum Gasteiger partial charge on any atom is 0.111 e. The highest BCUT2D eigenvalue weighted by Gasteiger charge is 2.15. The molecule has 1 heterocycles. The number of hydrogen-bond donors (Lipinski definition) is 0. The van der Waals surface area contributed by atoms with E-state index in [1.54, 1.807) is 6.26 Å². The van der Waals surface area contributed by atoms with Crippen LogP contribution in [0.25, 0.3) is 11.0 Å². The van der Waals surface area contributed by atoms with Crippen molar-refractivity contribution in [3.63, 3.8) is 0 Å². The van der Waals surface area contributed by atoms with E-state index in [1.807, 2.05) is 25.1 Å². The van der Waals surface area contributed by atoms with Crippen molar-refractivity contribution in [3.8, 4) is 0 Å². The number of fused-ring (bicyclic) bond motifs is 1. The quantitative estimate of drug-likeness (QED) is 0.793. The van der Waals surface area contributed by atoms with Crippen molar-refractivity contribution in [2.24, 2.45) is 0 Å². The molecule has 0 aliphatic rings. The van der Waals surface area contributed by atoms with Gasteiger partial charge in [-0.1, -0.05) is 11.6 Å². The van der Waals surface area contributed by atoms with E-state index >= 15 is 0 Å². The van der Waals surface area contributed by atoms with Gasteiger partial charge in [-0.25, -0.2) is 4.98 Å². The molecule has 0 spiro atoms. The summed E-state index contributed by atoms with van der Waals surface area (Å²) in [6, 6.07) is 5.62. The first-order chi connectivity index (χ1) is 9.02. The van der Waals surface area contributed by atoms with Gasteiger partial charge in [-0.3, -0.25) is 4.21 Å². The third kappa shape index (κ3) is 3.30. The zero-order valence-electron chi connectivity index (χ0n) is 10.9. The summed E-state index contributed by atoms with van der Waals surface area (Å²) in [4.78, 5) is 4.58. The van der Waals surface area contributed by atoms with Crippen LogP contribution in [0, 0.1) is 0 Å². The summed E-state index contributed by atoms with van der Waals surface area (Å²) in [5.41, 5.74) is 1.88. The molecule has 0 N–H and O–H groups in total. The fraction of sp³-hybridized carbons (Fsp3) is 0.462. The van der Waals surface area contributed by atoms with Crippen molar-refractivity contribution >= 4 is 45.0 Å². The molecule has 0 aliphatic heterocycles. The molecule has 0 amide bonds. The Morgan fingerprint density at radius 3 is 2.84 bits per heavy atom. The molecule has 0 aliphatic carbocycles. The Kier molecular flexibility index (Phi) is 4.87. The number of benzene rings is 1. The van der Waals surface area contributed by atoms with E-state index in [4.69, 9.17) is 23.2 Å². The first-order valence-corrected chi connectivity index (χ1v) is 8.59.